The monoisotopic (exact) mass is 304 g/mol. The van der Waals surface area contributed by atoms with Crippen LogP contribution in [0.3, 0.4) is 0 Å². The summed E-state index contributed by atoms with van der Waals surface area (Å²) in [7, 11) is 0. The van der Waals surface area contributed by atoms with Crippen LogP contribution >= 0.6 is 0 Å². The fraction of sp³-hybridized carbons (Fsp3) is 0.778. The number of ether oxygens (including phenoxy) is 1. The van der Waals surface area contributed by atoms with Gasteiger partial charge in [0.2, 0.25) is 0 Å². The Balaban J connectivity index is 5.83. The van der Waals surface area contributed by atoms with Crippen LogP contribution in [-0.4, -0.2) is 30.7 Å². The summed E-state index contributed by atoms with van der Waals surface area (Å²) in [5, 5.41) is 0. The van der Waals surface area contributed by atoms with Crippen LogP contribution < -0.4 is 0 Å². The van der Waals surface area contributed by atoms with Gasteiger partial charge in [0, 0.05) is 0 Å². The number of alkyl halides is 9. The molecule has 10 heteroatoms. The lowest BCUT2D eigenvalue weighted by Gasteiger charge is -2.38. The number of hydrogen-bond acceptors (Lipinski definition) is 1. The first-order valence-corrected chi connectivity index (χ1v) is 4.66. The van der Waals surface area contributed by atoms with Crippen LogP contribution in [0.1, 0.15) is 13.8 Å². The summed E-state index contributed by atoms with van der Waals surface area (Å²) >= 11 is 0. The van der Waals surface area contributed by atoms with Crippen LogP contribution in [0.4, 0.5) is 39.5 Å². The van der Waals surface area contributed by atoms with Crippen molar-refractivity contribution in [1.29, 1.82) is 0 Å². The molecule has 0 radical (unpaired) electrons. The highest BCUT2D eigenvalue weighted by Gasteiger charge is 2.85. The van der Waals surface area contributed by atoms with Crippen molar-refractivity contribution in [2.45, 2.75) is 38.0 Å². The van der Waals surface area contributed by atoms with Crippen molar-refractivity contribution in [2.24, 2.45) is 0 Å². The van der Waals surface area contributed by atoms with Gasteiger partial charge in [-0.1, -0.05) is 11.6 Å². The molecule has 0 aromatic carbocycles. The molecule has 0 aromatic rings. The Labute approximate surface area is 102 Å². The molecule has 0 rings (SSSR count). The molecular weight excluding hydrogens is 295 g/mol. The highest BCUT2D eigenvalue weighted by molar-refractivity contribution is 5.05. The molecule has 0 fully saturated rings. The van der Waals surface area contributed by atoms with E-state index in [4.69, 9.17) is 0 Å². The highest BCUT2D eigenvalue weighted by atomic mass is 19.4. The first kappa shape index (κ1) is 18.1. The predicted octanol–water partition coefficient (Wildman–Crippen LogP) is 4.39. The van der Waals surface area contributed by atoms with Crippen molar-refractivity contribution in [3.8, 4) is 0 Å². The fourth-order valence-corrected chi connectivity index (χ4v) is 1.03. The summed E-state index contributed by atoms with van der Waals surface area (Å²) in [6.07, 6.45) is -19.0. The van der Waals surface area contributed by atoms with Crippen LogP contribution in [0.2, 0.25) is 0 Å². The van der Waals surface area contributed by atoms with E-state index in [1.807, 2.05) is 0 Å². The van der Waals surface area contributed by atoms with E-state index in [-0.39, 0.29) is 5.57 Å². The summed E-state index contributed by atoms with van der Waals surface area (Å²) in [5.74, 6) is 0. The van der Waals surface area contributed by atoms with Gasteiger partial charge in [-0.25, -0.2) is 0 Å². The number of allylic oxidation sites excluding steroid dienone is 1. The lowest BCUT2D eigenvalue weighted by atomic mass is 10.0. The molecule has 1 nitrogen and oxygen atoms in total. The predicted molar refractivity (Wildman–Crippen MR) is 46.3 cm³/mol. The van der Waals surface area contributed by atoms with Gasteiger partial charge in [-0.3, -0.25) is 0 Å². The molecular formula is C9H9F9O. The number of rotatable bonds is 3. The summed E-state index contributed by atoms with van der Waals surface area (Å²) in [6, 6.07) is 0. The molecule has 0 N–H and O–H groups in total. The molecule has 0 aliphatic carbocycles. The van der Waals surface area contributed by atoms with E-state index < -0.39 is 30.7 Å². The molecule has 0 saturated heterocycles. The quantitative estimate of drug-likeness (QED) is 0.555. The molecule has 0 amide bonds. The molecule has 0 aliphatic rings. The average molecular weight is 304 g/mol. The van der Waals surface area contributed by atoms with E-state index in [0.29, 0.717) is 0 Å². The molecule has 0 unspecified atom stereocenters. The molecule has 0 atom stereocenters. The van der Waals surface area contributed by atoms with Gasteiger partial charge in [-0.05, 0) is 13.8 Å². The van der Waals surface area contributed by atoms with Crippen LogP contribution in [-0.2, 0) is 4.74 Å². The maximum Gasteiger partial charge on any atom is 0.435 e. The summed E-state index contributed by atoms with van der Waals surface area (Å²) in [6.45, 7) is 0.818. The Morgan fingerprint density at radius 3 is 1.37 bits per heavy atom. The first-order valence-electron chi connectivity index (χ1n) is 4.66. The molecule has 114 valence electrons. The molecule has 0 bridgehead atoms. The van der Waals surface area contributed by atoms with E-state index in [1.54, 1.807) is 0 Å². The van der Waals surface area contributed by atoms with Crippen molar-refractivity contribution >= 4 is 0 Å². The molecule has 0 saturated carbocycles. The van der Waals surface area contributed by atoms with E-state index in [2.05, 4.69) is 4.74 Å². The molecule has 19 heavy (non-hydrogen) atoms. The lowest BCUT2D eigenvalue weighted by Crippen LogP contribution is -2.67. The van der Waals surface area contributed by atoms with Crippen LogP contribution in [0.25, 0.3) is 0 Å². The largest absolute Gasteiger partial charge is 0.435 e. The second-order valence-corrected chi connectivity index (χ2v) is 3.60. The molecule has 0 aliphatic heterocycles. The zero-order chi connectivity index (χ0) is 15.7. The Morgan fingerprint density at radius 1 is 0.842 bits per heavy atom. The average Bonchev–Trinajstić information content (AvgIpc) is 2.11. The standard InChI is InChI=1S/C9H9F9O/c1-3-5(2)4-19-6(7(10,11)12,8(13,14)15)9(16,17)18/h3H,4H2,1-2H3/b5-3-. The lowest BCUT2D eigenvalue weighted by molar-refractivity contribution is -0.455. The SMILES string of the molecule is C/C=C(/C)COC(C(F)(F)F)(C(F)(F)F)C(F)(F)F. The minimum Gasteiger partial charge on any atom is -0.347 e. The zero-order valence-corrected chi connectivity index (χ0v) is 9.59. The van der Waals surface area contributed by atoms with Crippen molar-refractivity contribution in [3.63, 3.8) is 0 Å². The molecule has 0 aromatic heterocycles. The van der Waals surface area contributed by atoms with Gasteiger partial charge in [0.05, 0.1) is 6.61 Å². The maximum absolute atomic E-state index is 12.3. The second-order valence-electron chi connectivity index (χ2n) is 3.60. The van der Waals surface area contributed by atoms with E-state index in [1.165, 1.54) is 6.92 Å². The van der Waals surface area contributed by atoms with Gasteiger partial charge in [-0.2, -0.15) is 39.5 Å². The Kier molecular flexibility index (Phi) is 4.96. The zero-order valence-electron chi connectivity index (χ0n) is 9.59. The highest BCUT2D eigenvalue weighted by Crippen LogP contribution is 2.54. The third-order valence-corrected chi connectivity index (χ3v) is 2.21. The van der Waals surface area contributed by atoms with Gasteiger partial charge in [-0.15, -0.1) is 0 Å². The van der Waals surface area contributed by atoms with E-state index >= 15 is 0 Å². The molecule has 0 spiro atoms. The van der Waals surface area contributed by atoms with Crippen LogP contribution in [0.15, 0.2) is 11.6 Å². The third-order valence-electron chi connectivity index (χ3n) is 2.21. The minimum absolute atomic E-state index is 0.206. The van der Waals surface area contributed by atoms with Crippen LogP contribution in [0.5, 0.6) is 0 Å². The third kappa shape index (κ3) is 3.34. The van der Waals surface area contributed by atoms with Gasteiger partial charge < -0.3 is 4.74 Å². The fourth-order valence-electron chi connectivity index (χ4n) is 1.03. The van der Waals surface area contributed by atoms with E-state index in [9.17, 15) is 39.5 Å². The smallest absolute Gasteiger partial charge is 0.347 e. The Morgan fingerprint density at radius 2 is 1.16 bits per heavy atom. The van der Waals surface area contributed by atoms with Crippen molar-refractivity contribution < 1.29 is 44.3 Å². The summed E-state index contributed by atoms with van der Waals surface area (Å²) in [5.41, 5.74) is -6.40. The van der Waals surface area contributed by atoms with Crippen molar-refractivity contribution in [3.05, 3.63) is 11.6 Å². The Bertz CT molecular complexity index is 297. The summed E-state index contributed by atoms with van der Waals surface area (Å²) in [4.78, 5) is 0. The number of hydrogen-bond donors (Lipinski definition) is 0. The van der Waals surface area contributed by atoms with Gasteiger partial charge >= 0.3 is 24.1 Å². The molecule has 0 heterocycles. The summed E-state index contributed by atoms with van der Waals surface area (Å²) < 4.78 is 114. The number of halogens is 9. The first-order chi connectivity index (χ1) is 8.20. The van der Waals surface area contributed by atoms with E-state index in [0.717, 1.165) is 13.0 Å². The van der Waals surface area contributed by atoms with Gasteiger partial charge in [0.25, 0.3) is 0 Å². The van der Waals surface area contributed by atoms with Crippen molar-refractivity contribution in [2.75, 3.05) is 6.61 Å². The maximum atomic E-state index is 12.3. The normalized spacial score (nSPS) is 15.8. The van der Waals surface area contributed by atoms with Crippen molar-refractivity contribution in [1.82, 2.24) is 0 Å². The second kappa shape index (κ2) is 5.22. The minimum atomic E-state index is -6.68. The van der Waals surface area contributed by atoms with Crippen LogP contribution in [0, 0.1) is 0 Å². The van der Waals surface area contributed by atoms with Gasteiger partial charge in [0.1, 0.15) is 0 Å². The van der Waals surface area contributed by atoms with Gasteiger partial charge in [0.15, 0.2) is 0 Å². The Hall–Kier alpha value is -0.930. The topological polar surface area (TPSA) is 9.23 Å².